The van der Waals surface area contributed by atoms with Gasteiger partial charge in [0.05, 0.1) is 6.61 Å². The largest absolute Gasteiger partial charge is 0.383 e. The van der Waals surface area contributed by atoms with E-state index in [-0.39, 0.29) is 5.91 Å². The Kier molecular flexibility index (Phi) is 7.72. The SMILES string of the molecule is COCCN(CCC(=O)Nc1ccc(C)cc1)c1nc(Cc2ccccc2)ns1. The number of carbonyl (C=O) groups is 1. The van der Waals surface area contributed by atoms with Crippen LogP contribution < -0.4 is 10.2 Å². The van der Waals surface area contributed by atoms with Crippen LogP contribution in [0.15, 0.2) is 54.6 Å². The first-order chi connectivity index (χ1) is 14.1. The number of anilines is 2. The van der Waals surface area contributed by atoms with Gasteiger partial charge in [-0.2, -0.15) is 4.37 Å². The van der Waals surface area contributed by atoms with E-state index in [1.54, 1.807) is 7.11 Å². The molecule has 0 radical (unpaired) electrons. The summed E-state index contributed by atoms with van der Waals surface area (Å²) in [5.41, 5.74) is 3.15. The van der Waals surface area contributed by atoms with Crippen molar-refractivity contribution in [2.45, 2.75) is 19.8 Å². The van der Waals surface area contributed by atoms with Gasteiger partial charge < -0.3 is 15.0 Å². The molecule has 0 unspecified atom stereocenters. The molecule has 1 amide bonds. The fraction of sp³-hybridized carbons (Fsp3) is 0.318. The molecular formula is C22H26N4O2S. The van der Waals surface area contributed by atoms with Crippen LogP contribution in [0.1, 0.15) is 23.4 Å². The molecule has 0 aliphatic heterocycles. The Bertz CT molecular complexity index is 897. The van der Waals surface area contributed by atoms with Crippen LogP contribution in [-0.4, -0.2) is 42.1 Å². The lowest BCUT2D eigenvalue weighted by Gasteiger charge is -2.20. The van der Waals surface area contributed by atoms with E-state index >= 15 is 0 Å². The van der Waals surface area contributed by atoms with Crippen LogP contribution >= 0.6 is 11.5 Å². The molecule has 29 heavy (non-hydrogen) atoms. The molecule has 0 aliphatic carbocycles. The van der Waals surface area contributed by atoms with E-state index in [9.17, 15) is 4.79 Å². The van der Waals surface area contributed by atoms with Gasteiger partial charge in [0.15, 0.2) is 0 Å². The van der Waals surface area contributed by atoms with Gasteiger partial charge in [-0.25, -0.2) is 4.98 Å². The summed E-state index contributed by atoms with van der Waals surface area (Å²) in [4.78, 5) is 19.1. The van der Waals surface area contributed by atoms with Gasteiger partial charge in [0, 0.05) is 50.3 Å². The molecule has 0 saturated carbocycles. The fourth-order valence-corrected chi connectivity index (χ4v) is 3.56. The van der Waals surface area contributed by atoms with E-state index in [0.717, 1.165) is 22.2 Å². The Hall–Kier alpha value is -2.77. The lowest BCUT2D eigenvalue weighted by atomic mass is 10.1. The highest BCUT2D eigenvalue weighted by Gasteiger charge is 2.15. The molecule has 2 aromatic carbocycles. The van der Waals surface area contributed by atoms with Crippen LogP contribution in [0, 0.1) is 6.92 Å². The summed E-state index contributed by atoms with van der Waals surface area (Å²) in [6.45, 7) is 3.80. The molecule has 0 bridgehead atoms. The monoisotopic (exact) mass is 410 g/mol. The summed E-state index contributed by atoms with van der Waals surface area (Å²) in [7, 11) is 1.67. The lowest BCUT2D eigenvalue weighted by Crippen LogP contribution is -2.30. The first-order valence-electron chi connectivity index (χ1n) is 9.61. The minimum atomic E-state index is -0.0229. The van der Waals surface area contributed by atoms with Crippen molar-refractivity contribution in [3.63, 3.8) is 0 Å². The van der Waals surface area contributed by atoms with Crippen molar-refractivity contribution < 1.29 is 9.53 Å². The van der Waals surface area contributed by atoms with Crippen molar-refractivity contribution in [3.05, 3.63) is 71.5 Å². The van der Waals surface area contributed by atoms with Gasteiger partial charge in [-0.3, -0.25) is 4.79 Å². The van der Waals surface area contributed by atoms with E-state index in [1.807, 2.05) is 49.4 Å². The molecule has 1 N–H and O–H groups in total. The minimum Gasteiger partial charge on any atom is -0.383 e. The molecule has 0 spiro atoms. The van der Waals surface area contributed by atoms with E-state index in [2.05, 4.69) is 31.7 Å². The molecular weight excluding hydrogens is 384 g/mol. The molecule has 1 heterocycles. The van der Waals surface area contributed by atoms with E-state index in [0.29, 0.717) is 32.5 Å². The molecule has 0 fully saturated rings. The number of hydrogen-bond donors (Lipinski definition) is 1. The number of ether oxygens (including phenoxy) is 1. The number of methoxy groups -OCH3 is 1. The number of aryl methyl sites for hydroxylation is 1. The number of amides is 1. The highest BCUT2D eigenvalue weighted by molar-refractivity contribution is 7.09. The van der Waals surface area contributed by atoms with Gasteiger partial charge >= 0.3 is 0 Å². The van der Waals surface area contributed by atoms with Gasteiger partial charge in [0.2, 0.25) is 11.0 Å². The molecule has 0 aliphatic rings. The second kappa shape index (κ2) is 10.7. The van der Waals surface area contributed by atoms with Crippen molar-refractivity contribution in [1.82, 2.24) is 9.36 Å². The molecule has 3 aromatic rings. The van der Waals surface area contributed by atoms with Gasteiger partial charge in [0.25, 0.3) is 0 Å². The standard InChI is InChI=1S/C22H26N4O2S/c1-17-8-10-19(11-9-17)23-21(27)12-13-26(14-15-28-2)22-24-20(25-29-22)16-18-6-4-3-5-7-18/h3-11H,12-16H2,1-2H3,(H,23,27). The number of hydrogen-bond acceptors (Lipinski definition) is 6. The smallest absolute Gasteiger partial charge is 0.226 e. The van der Waals surface area contributed by atoms with Crippen LogP contribution in [0.2, 0.25) is 0 Å². The van der Waals surface area contributed by atoms with Gasteiger partial charge in [-0.05, 0) is 24.6 Å². The maximum atomic E-state index is 12.4. The number of nitrogens with zero attached hydrogens (tertiary/aromatic N) is 3. The van der Waals surface area contributed by atoms with Crippen LogP contribution in [0.25, 0.3) is 0 Å². The predicted octanol–water partition coefficient (Wildman–Crippen LogP) is 3.92. The third-order valence-electron chi connectivity index (χ3n) is 4.44. The second-order valence-corrected chi connectivity index (χ2v) is 7.53. The third-order valence-corrected chi connectivity index (χ3v) is 5.26. The zero-order valence-electron chi connectivity index (χ0n) is 16.8. The van der Waals surface area contributed by atoms with E-state index in [1.165, 1.54) is 17.1 Å². The van der Waals surface area contributed by atoms with Crippen molar-refractivity contribution in [2.75, 3.05) is 37.0 Å². The number of benzene rings is 2. The van der Waals surface area contributed by atoms with Crippen molar-refractivity contribution in [2.24, 2.45) is 0 Å². The Balaban J connectivity index is 1.58. The van der Waals surface area contributed by atoms with Crippen molar-refractivity contribution >= 4 is 28.3 Å². The molecule has 7 heteroatoms. The average molecular weight is 411 g/mol. The summed E-state index contributed by atoms with van der Waals surface area (Å²) in [6, 6.07) is 18.0. The van der Waals surface area contributed by atoms with Gasteiger partial charge in [0.1, 0.15) is 5.82 Å². The molecule has 152 valence electrons. The molecule has 0 atom stereocenters. The normalized spacial score (nSPS) is 10.7. The minimum absolute atomic E-state index is 0.0229. The molecule has 3 rings (SSSR count). The lowest BCUT2D eigenvalue weighted by molar-refractivity contribution is -0.116. The molecule has 6 nitrogen and oxygen atoms in total. The summed E-state index contributed by atoms with van der Waals surface area (Å²) in [6.07, 6.45) is 1.06. The molecule has 0 saturated heterocycles. The van der Waals surface area contributed by atoms with Crippen LogP contribution in [-0.2, 0) is 16.0 Å². The zero-order valence-corrected chi connectivity index (χ0v) is 17.6. The highest BCUT2D eigenvalue weighted by Crippen LogP contribution is 2.19. The number of aromatic nitrogens is 2. The number of rotatable bonds is 10. The van der Waals surface area contributed by atoms with Crippen molar-refractivity contribution in [3.8, 4) is 0 Å². The second-order valence-electron chi connectivity index (χ2n) is 6.80. The van der Waals surface area contributed by atoms with Crippen LogP contribution in [0.4, 0.5) is 10.8 Å². The Labute approximate surface area is 175 Å². The quantitative estimate of drug-likeness (QED) is 0.549. The number of nitrogens with one attached hydrogen (secondary N) is 1. The van der Waals surface area contributed by atoms with Crippen LogP contribution in [0.3, 0.4) is 0 Å². The first kappa shape index (κ1) is 21.0. The number of carbonyl (C=O) groups excluding carboxylic acids is 1. The maximum Gasteiger partial charge on any atom is 0.226 e. The third kappa shape index (κ3) is 6.66. The van der Waals surface area contributed by atoms with Crippen molar-refractivity contribution in [1.29, 1.82) is 0 Å². The Morgan fingerprint density at radius 2 is 1.86 bits per heavy atom. The Morgan fingerprint density at radius 3 is 2.59 bits per heavy atom. The average Bonchev–Trinajstić information content (AvgIpc) is 3.19. The fourth-order valence-electron chi connectivity index (χ4n) is 2.82. The van der Waals surface area contributed by atoms with Crippen LogP contribution in [0.5, 0.6) is 0 Å². The summed E-state index contributed by atoms with van der Waals surface area (Å²) >= 11 is 1.36. The predicted molar refractivity (Wildman–Crippen MR) is 118 cm³/mol. The summed E-state index contributed by atoms with van der Waals surface area (Å²) in [5, 5.41) is 3.76. The zero-order chi connectivity index (χ0) is 20.5. The van der Waals surface area contributed by atoms with E-state index in [4.69, 9.17) is 4.74 Å². The van der Waals surface area contributed by atoms with Gasteiger partial charge in [-0.1, -0.05) is 48.0 Å². The van der Waals surface area contributed by atoms with E-state index < -0.39 is 0 Å². The Morgan fingerprint density at radius 1 is 1.10 bits per heavy atom. The molecule has 1 aromatic heterocycles. The van der Waals surface area contributed by atoms with Gasteiger partial charge in [-0.15, -0.1) is 0 Å². The topological polar surface area (TPSA) is 67.3 Å². The summed E-state index contributed by atoms with van der Waals surface area (Å²) < 4.78 is 9.72. The first-order valence-corrected chi connectivity index (χ1v) is 10.4. The highest BCUT2D eigenvalue weighted by atomic mass is 32.1. The summed E-state index contributed by atoms with van der Waals surface area (Å²) in [5.74, 6) is 0.771. The maximum absolute atomic E-state index is 12.4.